The SMILES string of the molecule is N#Cc1ncccc1COc1cc2c(cc1CN)OCO2. The highest BCUT2D eigenvalue weighted by Crippen LogP contribution is 2.38. The van der Waals surface area contributed by atoms with Crippen molar-refractivity contribution in [3.63, 3.8) is 0 Å². The van der Waals surface area contributed by atoms with Gasteiger partial charge >= 0.3 is 0 Å². The lowest BCUT2D eigenvalue weighted by Crippen LogP contribution is -2.04. The summed E-state index contributed by atoms with van der Waals surface area (Å²) in [6.45, 7) is 0.761. The molecule has 2 heterocycles. The molecule has 0 saturated heterocycles. The fraction of sp³-hybridized carbons (Fsp3) is 0.200. The zero-order valence-corrected chi connectivity index (χ0v) is 11.2. The first-order chi connectivity index (χ1) is 10.3. The van der Waals surface area contributed by atoms with Crippen molar-refractivity contribution in [3.05, 3.63) is 47.3 Å². The first-order valence-corrected chi connectivity index (χ1v) is 6.41. The number of fused-ring (bicyclic) bond motifs is 1. The van der Waals surface area contributed by atoms with Gasteiger partial charge in [-0.05, 0) is 12.1 Å². The number of benzene rings is 1. The van der Waals surface area contributed by atoms with E-state index in [-0.39, 0.29) is 13.4 Å². The molecule has 0 atom stereocenters. The van der Waals surface area contributed by atoms with Crippen LogP contribution in [-0.2, 0) is 13.2 Å². The maximum atomic E-state index is 9.02. The predicted octanol–water partition coefficient (Wildman–Crippen LogP) is 1.72. The van der Waals surface area contributed by atoms with Gasteiger partial charge in [0.05, 0.1) is 0 Å². The summed E-state index contributed by atoms with van der Waals surface area (Å²) in [5.41, 5.74) is 7.63. The average molecular weight is 283 g/mol. The fourth-order valence-corrected chi connectivity index (χ4v) is 2.07. The van der Waals surface area contributed by atoms with Crippen molar-refractivity contribution >= 4 is 0 Å². The van der Waals surface area contributed by atoms with E-state index >= 15 is 0 Å². The average Bonchev–Trinajstić information content (AvgIpc) is 2.99. The standard InChI is InChI=1S/C15H13N3O3/c16-6-11-4-14-15(21-9-20-14)5-13(11)19-8-10-2-1-3-18-12(10)7-17/h1-5H,6,8-9,16H2. The van der Waals surface area contributed by atoms with Crippen molar-refractivity contribution in [3.8, 4) is 23.3 Å². The maximum Gasteiger partial charge on any atom is 0.231 e. The Morgan fingerprint density at radius 1 is 1.29 bits per heavy atom. The van der Waals surface area contributed by atoms with Gasteiger partial charge in [-0.25, -0.2) is 4.98 Å². The molecule has 0 saturated carbocycles. The highest BCUT2D eigenvalue weighted by atomic mass is 16.7. The van der Waals surface area contributed by atoms with Gasteiger partial charge in [-0.2, -0.15) is 5.26 Å². The highest BCUT2D eigenvalue weighted by molar-refractivity contribution is 5.51. The fourth-order valence-electron chi connectivity index (χ4n) is 2.07. The zero-order chi connectivity index (χ0) is 14.7. The van der Waals surface area contributed by atoms with Gasteiger partial charge in [-0.3, -0.25) is 0 Å². The summed E-state index contributed by atoms with van der Waals surface area (Å²) in [5, 5.41) is 9.02. The number of nitrogens with zero attached hydrogens (tertiary/aromatic N) is 2. The molecule has 0 amide bonds. The van der Waals surface area contributed by atoms with Gasteiger partial charge in [-0.15, -0.1) is 0 Å². The Morgan fingerprint density at radius 3 is 2.86 bits per heavy atom. The van der Waals surface area contributed by atoms with Crippen LogP contribution < -0.4 is 19.9 Å². The Hall–Kier alpha value is -2.78. The van der Waals surface area contributed by atoms with E-state index in [2.05, 4.69) is 4.98 Å². The second-order valence-electron chi connectivity index (χ2n) is 4.43. The van der Waals surface area contributed by atoms with Crippen molar-refractivity contribution in [1.29, 1.82) is 5.26 Å². The summed E-state index contributed by atoms with van der Waals surface area (Å²) < 4.78 is 16.4. The number of nitrogens with two attached hydrogens (primary N) is 1. The molecule has 1 aromatic heterocycles. The van der Waals surface area contributed by atoms with Crippen LogP contribution in [0.25, 0.3) is 0 Å². The minimum Gasteiger partial charge on any atom is -0.488 e. The molecule has 2 N–H and O–H groups in total. The number of rotatable bonds is 4. The third-order valence-corrected chi connectivity index (χ3v) is 3.16. The van der Waals surface area contributed by atoms with Gasteiger partial charge in [0.15, 0.2) is 11.5 Å². The molecule has 6 nitrogen and oxygen atoms in total. The topological polar surface area (TPSA) is 90.4 Å². The lowest BCUT2D eigenvalue weighted by molar-refractivity contribution is 0.173. The molecule has 1 aliphatic rings. The second kappa shape index (κ2) is 5.69. The van der Waals surface area contributed by atoms with E-state index in [4.69, 9.17) is 25.2 Å². The van der Waals surface area contributed by atoms with Gasteiger partial charge in [0.2, 0.25) is 6.79 Å². The number of aromatic nitrogens is 1. The number of pyridine rings is 1. The lowest BCUT2D eigenvalue weighted by Gasteiger charge is -2.12. The van der Waals surface area contributed by atoms with E-state index in [1.165, 1.54) is 0 Å². The molecule has 21 heavy (non-hydrogen) atoms. The van der Waals surface area contributed by atoms with Crippen LogP contribution in [0.2, 0.25) is 0 Å². The Morgan fingerprint density at radius 2 is 2.10 bits per heavy atom. The van der Waals surface area contributed by atoms with E-state index in [9.17, 15) is 0 Å². The van der Waals surface area contributed by atoms with Gasteiger partial charge in [-0.1, -0.05) is 6.07 Å². The largest absolute Gasteiger partial charge is 0.488 e. The summed E-state index contributed by atoms with van der Waals surface area (Å²) >= 11 is 0. The predicted molar refractivity (Wildman–Crippen MR) is 73.7 cm³/mol. The first kappa shape index (κ1) is 13.2. The van der Waals surface area contributed by atoms with Crippen LogP contribution in [0.3, 0.4) is 0 Å². The van der Waals surface area contributed by atoms with Crippen LogP contribution in [0.5, 0.6) is 17.2 Å². The molecule has 0 unspecified atom stereocenters. The van der Waals surface area contributed by atoms with Crippen LogP contribution in [0.15, 0.2) is 30.5 Å². The van der Waals surface area contributed by atoms with Gasteiger partial charge < -0.3 is 19.9 Å². The van der Waals surface area contributed by atoms with E-state index in [0.29, 0.717) is 29.5 Å². The summed E-state index contributed by atoms with van der Waals surface area (Å²) in [5.74, 6) is 1.92. The van der Waals surface area contributed by atoms with Crippen LogP contribution in [0.4, 0.5) is 0 Å². The molecule has 2 aromatic rings. The van der Waals surface area contributed by atoms with Gasteiger partial charge in [0, 0.05) is 29.9 Å². The molecule has 1 aliphatic heterocycles. The Bertz CT molecular complexity index is 710. The quantitative estimate of drug-likeness (QED) is 0.918. The summed E-state index contributed by atoms with van der Waals surface area (Å²) in [4.78, 5) is 4.00. The third kappa shape index (κ3) is 2.59. The molecule has 6 heteroatoms. The lowest BCUT2D eigenvalue weighted by atomic mass is 10.1. The Labute approximate surface area is 121 Å². The van der Waals surface area contributed by atoms with E-state index in [1.54, 1.807) is 24.4 Å². The number of hydrogen-bond acceptors (Lipinski definition) is 6. The molecular weight excluding hydrogens is 270 g/mol. The monoisotopic (exact) mass is 283 g/mol. The number of ether oxygens (including phenoxy) is 3. The Kier molecular flexibility index (Phi) is 3.58. The van der Waals surface area contributed by atoms with Crippen molar-refractivity contribution in [2.24, 2.45) is 5.73 Å². The smallest absolute Gasteiger partial charge is 0.231 e. The van der Waals surface area contributed by atoms with Crippen LogP contribution in [0, 0.1) is 11.3 Å². The molecule has 0 spiro atoms. The normalized spacial score (nSPS) is 12.0. The summed E-state index contributed by atoms with van der Waals surface area (Å²) in [6, 6.07) is 9.18. The Balaban J connectivity index is 1.84. The molecular formula is C15H13N3O3. The number of nitriles is 1. The summed E-state index contributed by atoms with van der Waals surface area (Å²) in [7, 11) is 0. The molecule has 106 valence electrons. The minimum atomic E-state index is 0.198. The third-order valence-electron chi connectivity index (χ3n) is 3.16. The molecule has 0 fully saturated rings. The minimum absolute atomic E-state index is 0.198. The van der Waals surface area contributed by atoms with E-state index in [1.807, 2.05) is 12.1 Å². The van der Waals surface area contributed by atoms with Crippen LogP contribution in [0.1, 0.15) is 16.8 Å². The van der Waals surface area contributed by atoms with Crippen molar-refractivity contribution < 1.29 is 14.2 Å². The first-order valence-electron chi connectivity index (χ1n) is 6.41. The molecule has 0 aliphatic carbocycles. The van der Waals surface area contributed by atoms with Gasteiger partial charge in [0.25, 0.3) is 0 Å². The highest BCUT2D eigenvalue weighted by Gasteiger charge is 2.17. The molecule has 0 bridgehead atoms. The van der Waals surface area contributed by atoms with Crippen LogP contribution in [-0.4, -0.2) is 11.8 Å². The van der Waals surface area contributed by atoms with Crippen molar-refractivity contribution in [1.82, 2.24) is 4.98 Å². The second-order valence-corrected chi connectivity index (χ2v) is 4.43. The van der Waals surface area contributed by atoms with Crippen LogP contribution >= 0.6 is 0 Å². The molecule has 3 rings (SSSR count). The zero-order valence-electron chi connectivity index (χ0n) is 11.2. The molecule has 1 aromatic carbocycles. The van der Waals surface area contributed by atoms with Crippen molar-refractivity contribution in [2.45, 2.75) is 13.2 Å². The van der Waals surface area contributed by atoms with Crippen molar-refractivity contribution in [2.75, 3.05) is 6.79 Å². The van der Waals surface area contributed by atoms with E-state index < -0.39 is 0 Å². The number of hydrogen-bond donors (Lipinski definition) is 1. The molecule has 0 radical (unpaired) electrons. The summed E-state index contributed by atoms with van der Waals surface area (Å²) in [6.07, 6.45) is 1.58. The van der Waals surface area contributed by atoms with E-state index in [0.717, 1.165) is 11.1 Å². The maximum absolute atomic E-state index is 9.02. The van der Waals surface area contributed by atoms with Gasteiger partial charge in [0.1, 0.15) is 24.1 Å².